The highest BCUT2D eigenvalue weighted by Crippen LogP contribution is 2.13. The van der Waals surface area contributed by atoms with E-state index in [1.54, 1.807) is 13.0 Å². The third-order valence-corrected chi connectivity index (χ3v) is 2.56. The molecule has 0 spiro atoms. The van der Waals surface area contributed by atoms with Gasteiger partial charge >= 0.3 is 0 Å². The average Bonchev–Trinajstić information content (AvgIpc) is 2.36. The second-order valence-corrected chi connectivity index (χ2v) is 3.76. The molecule has 1 aromatic heterocycles. The second-order valence-electron chi connectivity index (χ2n) is 3.38. The molecule has 0 saturated carbocycles. The van der Waals surface area contributed by atoms with Crippen LogP contribution in [0.1, 0.15) is 23.0 Å². The molecule has 1 amide bonds. The van der Waals surface area contributed by atoms with Gasteiger partial charge in [0.2, 0.25) is 0 Å². The number of halogens is 1. The maximum absolute atomic E-state index is 11.3. The lowest BCUT2D eigenvalue weighted by Gasteiger charge is -2.05. The van der Waals surface area contributed by atoms with Crippen LogP contribution in [0.15, 0.2) is 29.1 Å². The molecule has 0 aliphatic carbocycles. The van der Waals surface area contributed by atoms with Crippen molar-refractivity contribution in [3.8, 4) is 0 Å². The number of carbonyl (C=O) groups is 1. The molecule has 0 bridgehead atoms. The highest BCUT2D eigenvalue weighted by atomic mass is 35.5. The molecule has 0 aromatic carbocycles. The van der Waals surface area contributed by atoms with E-state index >= 15 is 0 Å². The SMILES string of the molecule is CNC(=O)c1ccc(C(=N)/C(Cl)=C(/C)N)cn1. The highest BCUT2D eigenvalue weighted by Gasteiger charge is 2.10. The number of rotatable bonds is 3. The number of pyridine rings is 1. The van der Waals surface area contributed by atoms with E-state index in [0.717, 1.165) is 0 Å². The van der Waals surface area contributed by atoms with Gasteiger partial charge in [0, 0.05) is 24.5 Å². The molecular formula is C11H13ClN4O. The molecule has 1 rings (SSSR count). The Morgan fingerprint density at radius 1 is 1.53 bits per heavy atom. The maximum atomic E-state index is 11.3. The van der Waals surface area contributed by atoms with Crippen LogP contribution in [0, 0.1) is 5.41 Å². The molecule has 0 radical (unpaired) electrons. The van der Waals surface area contributed by atoms with Crippen molar-refractivity contribution in [3.63, 3.8) is 0 Å². The van der Waals surface area contributed by atoms with E-state index < -0.39 is 0 Å². The Hall–Kier alpha value is -1.88. The number of aromatic nitrogens is 1. The standard InChI is InChI=1S/C11H13ClN4O/c1-6(13)9(12)10(14)7-3-4-8(16-5-7)11(17)15-2/h3-5,14H,13H2,1-2H3,(H,15,17)/b9-6+,14-10?. The molecule has 4 N–H and O–H groups in total. The quantitative estimate of drug-likeness (QED) is 0.707. The Morgan fingerprint density at radius 3 is 2.59 bits per heavy atom. The van der Waals surface area contributed by atoms with Crippen LogP contribution in [0.4, 0.5) is 0 Å². The summed E-state index contributed by atoms with van der Waals surface area (Å²) < 4.78 is 0. The zero-order valence-corrected chi connectivity index (χ0v) is 10.3. The Balaban J connectivity index is 3.00. The lowest BCUT2D eigenvalue weighted by atomic mass is 10.1. The van der Waals surface area contributed by atoms with E-state index in [4.69, 9.17) is 22.7 Å². The Kier molecular flexibility index (Phi) is 4.23. The van der Waals surface area contributed by atoms with Crippen LogP contribution in [0.25, 0.3) is 0 Å². The predicted molar refractivity (Wildman–Crippen MR) is 67.2 cm³/mol. The van der Waals surface area contributed by atoms with E-state index in [1.165, 1.54) is 19.3 Å². The van der Waals surface area contributed by atoms with Crippen LogP contribution in [-0.4, -0.2) is 23.7 Å². The Morgan fingerprint density at radius 2 is 2.18 bits per heavy atom. The number of hydrogen-bond acceptors (Lipinski definition) is 4. The summed E-state index contributed by atoms with van der Waals surface area (Å²) in [5.74, 6) is -0.278. The van der Waals surface area contributed by atoms with Crippen LogP contribution in [0.5, 0.6) is 0 Å². The van der Waals surface area contributed by atoms with Gasteiger partial charge in [-0.05, 0) is 19.1 Å². The summed E-state index contributed by atoms with van der Waals surface area (Å²) in [6.45, 7) is 1.61. The van der Waals surface area contributed by atoms with Crippen molar-refractivity contribution in [3.05, 3.63) is 40.3 Å². The van der Waals surface area contributed by atoms with Gasteiger partial charge in [-0.1, -0.05) is 11.6 Å². The molecule has 0 aliphatic rings. The summed E-state index contributed by atoms with van der Waals surface area (Å²) >= 11 is 5.85. The number of carbonyl (C=O) groups excluding carboxylic acids is 1. The van der Waals surface area contributed by atoms with Gasteiger partial charge < -0.3 is 11.1 Å². The number of hydrogen-bond donors (Lipinski definition) is 3. The van der Waals surface area contributed by atoms with E-state index in [9.17, 15) is 4.79 Å². The summed E-state index contributed by atoms with van der Waals surface area (Å²) in [7, 11) is 1.53. The third kappa shape index (κ3) is 3.04. The van der Waals surface area contributed by atoms with Crippen molar-refractivity contribution < 1.29 is 4.79 Å². The largest absolute Gasteiger partial charge is 0.401 e. The van der Waals surface area contributed by atoms with Gasteiger partial charge in [0.05, 0.1) is 10.7 Å². The molecule has 0 atom stereocenters. The summed E-state index contributed by atoms with van der Waals surface area (Å²) in [5.41, 5.74) is 6.74. The van der Waals surface area contributed by atoms with E-state index in [2.05, 4.69) is 10.3 Å². The lowest BCUT2D eigenvalue weighted by Crippen LogP contribution is -2.19. The fraction of sp³-hybridized carbons (Fsp3) is 0.182. The van der Waals surface area contributed by atoms with E-state index in [0.29, 0.717) is 11.3 Å². The van der Waals surface area contributed by atoms with Gasteiger partial charge in [-0.25, -0.2) is 0 Å². The summed E-state index contributed by atoms with van der Waals surface area (Å²) in [4.78, 5) is 15.2. The first-order valence-electron chi connectivity index (χ1n) is 4.86. The van der Waals surface area contributed by atoms with Gasteiger partial charge in [-0.3, -0.25) is 15.2 Å². The lowest BCUT2D eigenvalue weighted by molar-refractivity contribution is 0.0958. The second kappa shape index (κ2) is 5.45. The van der Waals surface area contributed by atoms with Crippen LogP contribution >= 0.6 is 11.6 Å². The van der Waals surface area contributed by atoms with Crippen molar-refractivity contribution in [1.82, 2.24) is 10.3 Å². The molecule has 90 valence electrons. The minimum absolute atomic E-state index is 0.0858. The minimum atomic E-state index is -0.278. The summed E-state index contributed by atoms with van der Waals surface area (Å²) in [6.07, 6.45) is 1.41. The predicted octanol–water partition coefficient (Wildman–Crippen LogP) is 1.24. The van der Waals surface area contributed by atoms with Crippen molar-refractivity contribution >= 4 is 23.2 Å². The summed E-state index contributed by atoms with van der Waals surface area (Å²) in [5, 5.41) is 10.4. The number of allylic oxidation sites excluding steroid dienone is 2. The maximum Gasteiger partial charge on any atom is 0.269 e. The minimum Gasteiger partial charge on any atom is -0.401 e. The van der Waals surface area contributed by atoms with Gasteiger partial charge in [-0.15, -0.1) is 0 Å². The van der Waals surface area contributed by atoms with Crippen LogP contribution in [-0.2, 0) is 0 Å². The fourth-order valence-corrected chi connectivity index (χ4v) is 1.24. The van der Waals surface area contributed by atoms with Crippen molar-refractivity contribution in [2.24, 2.45) is 5.73 Å². The van der Waals surface area contributed by atoms with E-state index in [-0.39, 0.29) is 22.3 Å². The van der Waals surface area contributed by atoms with Gasteiger partial charge in [0.15, 0.2) is 0 Å². The fourth-order valence-electron chi connectivity index (χ4n) is 1.13. The number of nitrogens with two attached hydrogens (primary N) is 1. The molecule has 0 fully saturated rings. The first-order chi connectivity index (χ1) is 7.97. The molecule has 17 heavy (non-hydrogen) atoms. The number of amides is 1. The van der Waals surface area contributed by atoms with Crippen molar-refractivity contribution in [2.75, 3.05) is 7.05 Å². The highest BCUT2D eigenvalue weighted by molar-refractivity contribution is 6.46. The summed E-state index contributed by atoms with van der Waals surface area (Å²) in [6, 6.07) is 3.13. The molecule has 1 heterocycles. The molecule has 0 unspecified atom stereocenters. The average molecular weight is 253 g/mol. The first-order valence-corrected chi connectivity index (χ1v) is 5.24. The van der Waals surface area contributed by atoms with Gasteiger partial charge in [0.25, 0.3) is 5.91 Å². The Labute approximate surface area is 104 Å². The Bertz CT molecular complexity index is 475. The van der Waals surface area contributed by atoms with Gasteiger partial charge in [-0.2, -0.15) is 0 Å². The zero-order valence-electron chi connectivity index (χ0n) is 9.54. The molecule has 0 saturated heterocycles. The molecule has 5 nitrogen and oxygen atoms in total. The van der Waals surface area contributed by atoms with Crippen LogP contribution in [0.3, 0.4) is 0 Å². The van der Waals surface area contributed by atoms with Crippen LogP contribution in [0.2, 0.25) is 0 Å². The van der Waals surface area contributed by atoms with Crippen molar-refractivity contribution in [1.29, 1.82) is 5.41 Å². The van der Waals surface area contributed by atoms with Gasteiger partial charge in [0.1, 0.15) is 5.69 Å². The van der Waals surface area contributed by atoms with Crippen LogP contribution < -0.4 is 11.1 Å². The number of nitrogens with zero attached hydrogens (tertiary/aromatic N) is 1. The molecule has 0 aliphatic heterocycles. The van der Waals surface area contributed by atoms with Crippen molar-refractivity contribution in [2.45, 2.75) is 6.92 Å². The zero-order chi connectivity index (χ0) is 13.0. The third-order valence-electron chi connectivity index (χ3n) is 2.08. The van der Waals surface area contributed by atoms with E-state index in [1.807, 2.05) is 0 Å². The molecule has 6 heteroatoms. The topological polar surface area (TPSA) is 91.9 Å². The normalized spacial score (nSPS) is 11.7. The smallest absolute Gasteiger partial charge is 0.269 e. The molecular weight excluding hydrogens is 240 g/mol. The monoisotopic (exact) mass is 252 g/mol. The molecule has 1 aromatic rings. The first kappa shape index (κ1) is 13.2. The number of nitrogens with one attached hydrogen (secondary N) is 2.